The largest absolute Gasteiger partial charge is 0.342 e. The number of likely N-dealkylation sites (tertiary alicyclic amines) is 1. The van der Waals surface area contributed by atoms with Crippen molar-refractivity contribution >= 4 is 5.91 Å². The summed E-state index contributed by atoms with van der Waals surface area (Å²) >= 11 is 0. The highest BCUT2D eigenvalue weighted by atomic mass is 19.1. The first-order valence-corrected chi connectivity index (χ1v) is 7.35. The molecule has 110 valence electrons. The van der Waals surface area contributed by atoms with E-state index in [9.17, 15) is 9.18 Å². The molecule has 1 heterocycles. The smallest absolute Gasteiger partial charge is 0.227 e. The van der Waals surface area contributed by atoms with Crippen LogP contribution in [0.25, 0.3) is 0 Å². The van der Waals surface area contributed by atoms with Crippen molar-refractivity contribution in [2.45, 2.75) is 46.5 Å². The number of carbonyl (C=O) groups excluding carboxylic acids is 1. The third-order valence-corrected chi connectivity index (χ3v) is 4.01. The Morgan fingerprint density at radius 2 is 2.05 bits per heavy atom. The molecule has 0 saturated carbocycles. The quantitative estimate of drug-likeness (QED) is 0.762. The van der Waals surface area contributed by atoms with Crippen LogP contribution in [-0.4, -0.2) is 23.9 Å². The first kappa shape index (κ1) is 15.0. The molecule has 1 amide bonds. The standard InChI is InChI=1S/C17H24FNO/c1-12-7-5-9-14(15(12)18)13-8-6-10-19(11-13)16(20)17(2,3)4/h5,7,9,13H,6,8,10-11H2,1-4H3. The molecule has 1 aromatic rings. The maximum absolute atomic E-state index is 14.2. The van der Waals surface area contributed by atoms with Gasteiger partial charge in [0.15, 0.2) is 0 Å². The Bertz CT molecular complexity index is 504. The molecular formula is C17H24FNO. The minimum atomic E-state index is -0.368. The molecule has 0 radical (unpaired) electrons. The summed E-state index contributed by atoms with van der Waals surface area (Å²) in [6.45, 7) is 9.03. The predicted molar refractivity (Wildman–Crippen MR) is 79.1 cm³/mol. The monoisotopic (exact) mass is 277 g/mol. The van der Waals surface area contributed by atoms with Crippen molar-refractivity contribution in [3.63, 3.8) is 0 Å². The van der Waals surface area contributed by atoms with E-state index in [-0.39, 0.29) is 23.1 Å². The second-order valence-electron chi connectivity index (χ2n) is 6.82. The zero-order chi connectivity index (χ0) is 14.9. The van der Waals surface area contributed by atoms with Crippen LogP contribution in [0.15, 0.2) is 18.2 Å². The van der Waals surface area contributed by atoms with E-state index in [1.165, 1.54) is 0 Å². The molecule has 0 aromatic heterocycles. The highest BCUT2D eigenvalue weighted by Gasteiger charge is 2.32. The number of amides is 1. The zero-order valence-electron chi connectivity index (χ0n) is 12.9. The van der Waals surface area contributed by atoms with Crippen LogP contribution in [0.2, 0.25) is 0 Å². The second-order valence-corrected chi connectivity index (χ2v) is 6.82. The van der Waals surface area contributed by atoms with Crippen LogP contribution in [0.5, 0.6) is 0 Å². The number of piperidine rings is 1. The van der Waals surface area contributed by atoms with E-state index >= 15 is 0 Å². The third kappa shape index (κ3) is 3.02. The maximum atomic E-state index is 14.2. The Morgan fingerprint density at radius 3 is 2.70 bits per heavy atom. The maximum Gasteiger partial charge on any atom is 0.227 e. The van der Waals surface area contributed by atoms with E-state index in [2.05, 4.69) is 0 Å². The molecule has 1 aliphatic heterocycles. The lowest BCUT2D eigenvalue weighted by Crippen LogP contribution is -2.44. The van der Waals surface area contributed by atoms with Crippen LogP contribution < -0.4 is 0 Å². The van der Waals surface area contributed by atoms with Gasteiger partial charge in [-0.2, -0.15) is 0 Å². The predicted octanol–water partition coefficient (Wildman–Crippen LogP) is 3.89. The lowest BCUT2D eigenvalue weighted by atomic mass is 9.87. The Balaban J connectivity index is 2.19. The Morgan fingerprint density at radius 1 is 1.35 bits per heavy atom. The molecule has 0 bridgehead atoms. The number of halogens is 1. The SMILES string of the molecule is Cc1cccc(C2CCCN(C(=O)C(C)(C)C)C2)c1F. The summed E-state index contributed by atoms with van der Waals surface area (Å²) in [5.41, 5.74) is 1.07. The normalized spacial score (nSPS) is 20.1. The molecule has 1 saturated heterocycles. The number of aryl methyl sites for hydroxylation is 1. The molecule has 3 heteroatoms. The molecule has 20 heavy (non-hydrogen) atoms. The van der Waals surface area contributed by atoms with E-state index in [4.69, 9.17) is 0 Å². The minimum Gasteiger partial charge on any atom is -0.342 e. The molecule has 0 aliphatic carbocycles. The molecule has 0 N–H and O–H groups in total. The van der Waals surface area contributed by atoms with Crippen molar-refractivity contribution in [2.24, 2.45) is 5.41 Å². The minimum absolute atomic E-state index is 0.109. The summed E-state index contributed by atoms with van der Waals surface area (Å²) in [6, 6.07) is 5.55. The van der Waals surface area contributed by atoms with Gasteiger partial charge >= 0.3 is 0 Å². The topological polar surface area (TPSA) is 20.3 Å². The van der Waals surface area contributed by atoms with E-state index < -0.39 is 0 Å². The van der Waals surface area contributed by atoms with E-state index in [1.54, 1.807) is 13.0 Å². The van der Waals surface area contributed by atoms with Crippen molar-refractivity contribution in [3.8, 4) is 0 Å². The fourth-order valence-electron chi connectivity index (χ4n) is 2.88. The molecular weight excluding hydrogens is 253 g/mol. The van der Waals surface area contributed by atoms with Gasteiger partial charge in [0.05, 0.1) is 0 Å². The number of hydrogen-bond donors (Lipinski definition) is 0. The van der Waals surface area contributed by atoms with E-state index in [1.807, 2.05) is 37.8 Å². The first-order chi connectivity index (χ1) is 9.30. The molecule has 0 spiro atoms. The van der Waals surface area contributed by atoms with E-state index in [0.29, 0.717) is 12.1 Å². The highest BCUT2D eigenvalue weighted by molar-refractivity contribution is 5.81. The second kappa shape index (κ2) is 5.55. The van der Waals surface area contributed by atoms with Crippen LogP contribution in [0.4, 0.5) is 4.39 Å². The molecule has 1 atom stereocenters. The van der Waals surface area contributed by atoms with Gasteiger partial charge in [0.25, 0.3) is 0 Å². The molecule has 2 nitrogen and oxygen atoms in total. The van der Waals surface area contributed by atoms with Gasteiger partial charge in [-0.1, -0.05) is 39.0 Å². The van der Waals surface area contributed by atoms with Gasteiger partial charge < -0.3 is 4.90 Å². The fourth-order valence-corrected chi connectivity index (χ4v) is 2.88. The van der Waals surface area contributed by atoms with Gasteiger partial charge in [-0.25, -0.2) is 4.39 Å². The van der Waals surface area contributed by atoms with Crippen molar-refractivity contribution in [1.29, 1.82) is 0 Å². The van der Waals surface area contributed by atoms with Crippen molar-refractivity contribution in [1.82, 2.24) is 4.90 Å². The van der Waals surface area contributed by atoms with Gasteiger partial charge in [0, 0.05) is 24.4 Å². The van der Waals surface area contributed by atoms with Gasteiger partial charge in [0.1, 0.15) is 5.82 Å². The van der Waals surface area contributed by atoms with Crippen LogP contribution in [0.1, 0.15) is 50.7 Å². The molecule has 1 fully saturated rings. The summed E-state index contributed by atoms with van der Waals surface area (Å²) in [4.78, 5) is 14.3. The Kier molecular flexibility index (Phi) is 4.17. The molecule has 1 unspecified atom stereocenters. The van der Waals surface area contributed by atoms with Gasteiger partial charge in [-0.05, 0) is 30.9 Å². The Labute approximate surface area is 121 Å². The molecule has 1 aliphatic rings. The average Bonchev–Trinajstić information content (AvgIpc) is 2.40. The summed E-state index contributed by atoms with van der Waals surface area (Å²) in [6.07, 6.45) is 1.90. The number of rotatable bonds is 1. The lowest BCUT2D eigenvalue weighted by Gasteiger charge is -2.36. The van der Waals surface area contributed by atoms with Crippen LogP contribution in [0, 0.1) is 18.2 Å². The summed E-state index contributed by atoms with van der Waals surface area (Å²) in [5.74, 6) is 0.174. The van der Waals surface area contributed by atoms with Crippen LogP contribution in [-0.2, 0) is 4.79 Å². The lowest BCUT2D eigenvalue weighted by molar-refractivity contribution is -0.140. The first-order valence-electron chi connectivity index (χ1n) is 7.35. The number of hydrogen-bond acceptors (Lipinski definition) is 1. The van der Waals surface area contributed by atoms with Gasteiger partial charge in [-0.15, -0.1) is 0 Å². The molecule has 1 aromatic carbocycles. The van der Waals surface area contributed by atoms with Crippen LogP contribution >= 0.6 is 0 Å². The Hall–Kier alpha value is -1.38. The third-order valence-electron chi connectivity index (χ3n) is 4.01. The number of nitrogens with zero attached hydrogens (tertiary/aromatic N) is 1. The van der Waals surface area contributed by atoms with Gasteiger partial charge in [0.2, 0.25) is 5.91 Å². The summed E-state index contributed by atoms with van der Waals surface area (Å²) < 4.78 is 14.2. The van der Waals surface area contributed by atoms with Crippen molar-refractivity contribution in [3.05, 3.63) is 35.1 Å². The average molecular weight is 277 g/mol. The molecule has 2 rings (SSSR count). The summed E-state index contributed by atoms with van der Waals surface area (Å²) in [7, 11) is 0. The zero-order valence-corrected chi connectivity index (χ0v) is 12.9. The van der Waals surface area contributed by atoms with Gasteiger partial charge in [-0.3, -0.25) is 4.79 Å². The van der Waals surface area contributed by atoms with E-state index in [0.717, 1.165) is 24.9 Å². The van der Waals surface area contributed by atoms with Crippen molar-refractivity contribution in [2.75, 3.05) is 13.1 Å². The number of carbonyl (C=O) groups is 1. The summed E-state index contributed by atoms with van der Waals surface area (Å²) in [5, 5.41) is 0. The fraction of sp³-hybridized carbons (Fsp3) is 0.588. The highest BCUT2D eigenvalue weighted by Crippen LogP contribution is 2.31. The van der Waals surface area contributed by atoms with Crippen molar-refractivity contribution < 1.29 is 9.18 Å². The van der Waals surface area contributed by atoms with Crippen LogP contribution in [0.3, 0.4) is 0 Å². The number of benzene rings is 1.